The molecular weight excluding hydrogens is 1220 g/mol. The van der Waals surface area contributed by atoms with Crippen molar-refractivity contribution in [3.8, 4) is 0 Å². The minimum absolute atomic E-state index is 0.0495. The van der Waals surface area contributed by atoms with Gasteiger partial charge in [-0.2, -0.15) is 0 Å². The molecule has 0 amide bonds. The Morgan fingerprint density at radius 3 is 0.845 bits per heavy atom. The van der Waals surface area contributed by atoms with Crippen LogP contribution in [0, 0.1) is 0 Å². The number of carbonyl (C=O) groups is 2. The number of esters is 2. The lowest BCUT2D eigenvalue weighted by molar-refractivity contribution is -0.161. The summed E-state index contributed by atoms with van der Waals surface area (Å²) in [5.74, 6) is -0.823. The maximum Gasteiger partial charge on any atom is 0.472 e. The highest BCUT2D eigenvalue weighted by molar-refractivity contribution is 7.47. The van der Waals surface area contributed by atoms with Crippen LogP contribution in [0.2, 0.25) is 0 Å². The van der Waals surface area contributed by atoms with Gasteiger partial charge in [-0.25, -0.2) is 4.57 Å². The first-order valence-electron chi connectivity index (χ1n) is 41.4. The molecule has 0 bridgehead atoms. The van der Waals surface area contributed by atoms with Crippen LogP contribution in [0.1, 0.15) is 399 Å². The highest BCUT2D eigenvalue weighted by Gasteiger charge is 2.26. The summed E-state index contributed by atoms with van der Waals surface area (Å²) in [4.78, 5) is 35.5. The number of unbranched alkanes of at least 4 members (excludes halogenated alkanes) is 47. The number of allylic oxidation sites excluding steroid dienone is 18. The largest absolute Gasteiger partial charge is 0.472 e. The molecule has 10 heteroatoms. The van der Waals surface area contributed by atoms with Crippen molar-refractivity contribution >= 4 is 19.8 Å². The number of hydrogen-bond donors (Lipinski definition) is 2. The van der Waals surface area contributed by atoms with Crippen LogP contribution in [0.5, 0.6) is 0 Å². The van der Waals surface area contributed by atoms with Gasteiger partial charge in [-0.1, -0.05) is 412 Å². The molecule has 0 aromatic carbocycles. The maximum absolute atomic E-state index is 12.8. The summed E-state index contributed by atoms with van der Waals surface area (Å²) in [7, 11) is -4.40. The smallest absolute Gasteiger partial charge is 0.462 e. The van der Waals surface area contributed by atoms with E-state index < -0.39 is 26.5 Å². The number of phosphoric ester groups is 1. The normalized spacial score (nSPS) is 13.4. The van der Waals surface area contributed by atoms with Gasteiger partial charge in [0.2, 0.25) is 0 Å². The quantitative estimate of drug-likeness (QED) is 0.0264. The maximum atomic E-state index is 12.8. The first kappa shape index (κ1) is 93.7. The van der Waals surface area contributed by atoms with Crippen molar-refractivity contribution in [2.45, 2.75) is 405 Å². The summed E-state index contributed by atoms with van der Waals surface area (Å²) in [6.07, 6.45) is 114. The Bertz CT molecular complexity index is 1970. The second kappa shape index (κ2) is 81.6. The van der Waals surface area contributed by atoms with Gasteiger partial charge >= 0.3 is 19.8 Å². The molecule has 0 heterocycles. The number of phosphoric acid groups is 1. The summed E-state index contributed by atoms with van der Waals surface area (Å²) in [6, 6.07) is 0. The molecule has 2 atom stereocenters. The molecule has 9 nitrogen and oxygen atoms in total. The van der Waals surface area contributed by atoms with Crippen molar-refractivity contribution in [2.75, 3.05) is 26.4 Å². The summed E-state index contributed by atoms with van der Waals surface area (Å²) >= 11 is 0. The molecule has 0 aromatic heterocycles. The third-order valence-electron chi connectivity index (χ3n) is 18.2. The fourth-order valence-corrected chi connectivity index (χ4v) is 12.9. The zero-order valence-corrected chi connectivity index (χ0v) is 64.4. The molecule has 97 heavy (non-hydrogen) atoms. The van der Waals surface area contributed by atoms with E-state index in [1.807, 2.05) is 0 Å². The van der Waals surface area contributed by atoms with Gasteiger partial charge in [0.1, 0.15) is 6.61 Å². The highest BCUT2D eigenvalue weighted by atomic mass is 31.2. The number of hydrogen-bond acceptors (Lipinski definition) is 8. The van der Waals surface area contributed by atoms with Crippen molar-refractivity contribution in [3.05, 3.63) is 109 Å². The van der Waals surface area contributed by atoms with Gasteiger partial charge < -0.3 is 20.1 Å². The van der Waals surface area contributed by atoms with Gasteiger partial charge in [0.25, 0.3) is 0 Å². The van der Waals surface area contributed by atoms with Crippen LogP contribution in [0.3, 0.4) is 0 Å². The third kappa shape index (κ3) is 81.5. The van der Waals surface area contributed by atoms with Crippen LogP contribution in [-0.2, 0) is 32.7 Å². The van der Waals surface area contributed by atoms with Crippen LogP contribution < -0.4 is 5.73 Å². The SMILES string of the molecule is CC/C=C\C/C=C\C/C=C\C/C=C\C/C=C\C/C=C\C/C=C\C/C=C\C/C=C\CCCCCCCCCCCC(=O)OC(COC(=O)CCCCCCCCCCCCCCCCCCCCCCCCCCCCCCCCCCCCCCCCC)COP(=O)(O)OCCN. The lowest BCUT2D eigenvalue weighted by atomic mass is 10.0. The second-order valence-electron chi connectivity index (χ2n) is 27.6. The lowest BCUT2D eigenvalue weighted by Crippen LogP contribution is -2.29. The van der Waals surface area contributed by atoms with Crippen LogP contribution in [0.4, 0.5) is 0 Å². The zero-order valence-electron chi connectivity index (χ0n) is 63.6. The van der Waals surface area contributed by atoms with Crippen LogP contribution in [-0.4, -0.2) is 49.3 Å². The Morgan fingerprint density at radius 1 is 0.320 bits per heavy atom. The molecule has 0 rings (SSSR count). The molecule has 0 aromatic rings. The Kier molecular flexibility index (Phi) is 78.8. The van der Waals surface area contributed by atoms with Gasteiger partial charge in [0.05, 0.1) is 13.2 Å². The summed E-state index contributed by atoms with van der Waals surface area (Å²) in [5.41, 5.74) is 5.42. The Morgan fingerprint density at radius 2 is 0.567 bits per heavy atom. The third-order valence-corrected chi connectivity index (χ3v) is 19.2. The van der Waals surface area contributed by atoms with E-state index >= 15 is 0 Å². The average molecular weight is 1380 g/mol. The molecule has 0 radical (unpaired) electrons. The topological polar surface area (TPSA) is 134 Å². The summed E-state index contributed by atoms with van der Waals surface area (Å²) in [6.45, 7) is 3.68. The molecule has 3 N–H and O–H groups in total. The van der Waals surface area contributed by atoms with E-state index in [1.165, 1.54) is 263 Å². The van der Waals surface area contributed by atoms with Crippen LogP contribution in [0.25, 0.3) is 0 Å². The fourth-order valence-electron chi connectivity index (χ4n) is 12.1. The van der Waals surface area contributed by atoms with Crippen molar-refractivity contribution in [1.29, 1.82) is 0 Å². The molecule has 0 saturated carbocycles. The predicted octanol–water partition coefficient (Wildman–Crippen LogP) is 28.0. The van der Waals surface area contributed by atoms with E-state index in [4.69, 9.17) is 24.3 Å². The van der Waals surface area contributed by atoms with Crippen LogP contribution >= 0.6 is 7.82 Å². The number of carbonyl (C=O) groups excluding carboxylic acids is 2. The van der Waals surface area contributed by atoms with Crippen molar-refractivity contribution in [3.63, 3.8) is 0 Å². The first-order valence-corrected chi connectivity index (χ1v) is 42.9. The minimum atomic E-state index is -4.40. The molecule has 0 saturated heterocycles. The van der Waals surface area contributed by atoms with Crippen molar-refractivity contribution in [2.24, 2.45) is 5.73 Å². The van der Waals surface area contributed by atoms with Gasteiger partial charge in [0.15, 0.2) is 6.10 Å². The van der Waals surface area contributed by atoms with Gasteiger partial charge in [0, 0.05) is 19.4 Å². The molecule has 2 unspecified atom stereocenters. The Labute approximate surface area is 600 Å². The van der Waals surface area contributed by atoms with Crippen LogP contribution in [0.15, 0.2) is 109 Å². The lowest BCUT2D eigenvalue weighted by Gasteiger charge is -2.19. The van der Waals surface area contributed by atoms with E-state index in [-0.39, 0.29) is 38.6 Å². The van der Waals surface area contributed by atoms with Crippen molar-refractivity contribution < 1.29 is 37.6 Å². The van der Waals surface area contributed by atoms with Gasteiger partial charge in [-0.15, -0.1) is 0 Å². The molecule has 0 spiro atoms. The number of ether oxygens (including phenoxy) is 2. The standard InChI is InChI=1S/C87H156NO8P/c1-3-5-7-9-11-13-15-17-19-21-23-25-27-29-31-33-35-37-39-41-42-44-45-47-49-51-53-55-57-59-61-63-65-67-69-71-73-75-77-79-86(89)93-83-85(84-95-97(91,92)94-82-81-88)96-87(90)80-78-76-74-72-70-68-66-64-62-60-58-56-54-52-50-48-46-43-40-38-36-34-32-30-28-26-24-22-20-18-16-14-12-10-8-6-4-2/h6,8,12,14,18,20,24,26,30,32,36,38,43,46,50,52,56,58,85H,3-5,7,9-11,13,15-17,19,21-23,25,27-29,31,33-35,37,39-42,44-45,47-49,51,53-55,57,59-84,88H2,1-2H3,(H,91,92)/b8-6-,14-12-,20-18-,26-24-,32-30-,38-36-,46-43-,52-50-,58-56-. The fraction of sp³-hybridized carbons (Fsp3) is 0.770. The first-order chi connectivity index (χ1) is 47.8. The summed E-state index contributed by atoms with van der Waals surface area (Å²) in [5, 5.41) is 0. The summed E-state index contributed by atoms with van der Waals surface area (Å²) < 4.78 is 33.3. The number of rotatable bonds is 78. The second-order valence-corrected chi connectivity index (χ2v) is 29.1. The van der Waals surface area contributed by atoms with E-state index in [1.54, 1.807) is 0 Å². The molecule has 0 fully saturated rings. The average Bonchev–Trinajstić information content (AvgIpc) is 2.17. The Balaban J connectivity index is 3.82. The van der Waals surface area contributed by atoms with Crippen molar-refractivity contribution in [1.82, 2.24) is 0 Å². The predicted molar refractivity (Wildman–Crippen MR) is 422 cm³/mol. The van der Waals surface area contributed by atoms with E-state index in [2.05, 4.69) is 123 Å². The molecule has 562 valence electrons. The van der Waals surface area contributed by atoms with E-state index in [9.17, 15) is 19.0 Å². The highest BCUT2D eigenvalue weighted by Crippen LogP contribution is 2.43. The van der Waals surface area contributed by atoms with E-state index in [0.29, 0.717) is 6.42 Å². The molecule has 0 aliphatic carbocycles. The Hall–Kier alpha value is -3.33. The monoisotopic (exact) mass is 1370 g/mol. The molecular formula is C87H156NO8P. The molecule has 0 aliphatic heterocycles. The molecule has 0 aliphatic rings. The minimum Gasteiger partial charge on any atom is -0.462 e. The zero-order chi connectivity index (χ0) is 70.0. The van der Waals surface area contributed by atoms with E-state index in [0.717, 1.165) is 103 Å². The number of nitrogens with two attached hydrogens (primary N) is 1. The van der Waals surface area contributed by atoms with Gasteiger partial charge in [-0.3, -0.25) is 18.6 Å². The van der Waals surface area contributed by atoms with Gasteiger partial charge in [-0.05, 0) is 83.5 Å².